The zero-order chi connectivity index (χ0) is 17.6. The molecular formula is C18H25N3O4. The molecule has 0 atom stereocenters. The fourth-order valence-corrected chi connectivity index (χ4v) is 3.06. The molecule has 25 heavy (non-hydrogen) atoms. The molecule has 1 aliphatic rings. The highest BCUT2D eigenvalue weighted by Gasteiger charge is 2.20. The molecule has 0 amide bonds. The van der Waals surface area contributed by atoms with Crippen LogP contribution in [0.5, 0.6) is 11.5 Å². The van der Waals surface area contributed by atoms with Gasteiger partial charge in [0.15, 0.2) is 0 Å². The van der Waals surface area contributed by atoms with Crippen molar-refractivity contribution in [3.8, 4) is 11.5 Å². The van der Waals surface area contributed by atoms with Crippen LogP contribution in [0.4, 0.5) is 5.82 Å². The minimum Gasteiger partial charge on any atom is -0.496 e. The minimum absolute atomic E-state index is 0.102. The van der Waals surface area contributed by atoms with Crippen molar-refractivity contribution in [2.75, 3.05) is 58.6 Å². The molecule has 2 aromatic rings. The number of anilines is 1. The van der Waals surface area contributed by atoms with Crippen LogP contribution in [0.1, 0.15) is 5.56 Å². The molecule has 0 radical (unpaired) electrons. The van der Waals surface area contributed by atoms with Crippen LogP contribution in [0.3, 0.4) is 0 Å². The first-order chi connectivity index (χ1) is 12.3. The largest absolute Gasteiger partial charge is 0.496 e. The molecule has 0 unspecified atom stereocenters. The van der Waals surface area contributed by atoms with Crippen molar-refractivity contribution in [1.29, 1.82) is 0 Å². The van der Waals surface area contributed by atoms with E-state index in [1.165, 1.54) is 0 Å². The Kier molecular flexibility index (Phi) is 5.91. The zero-order valence-electron chi connectivity index (χ0n) is 14.7. The molecule has 0 bridgehead atoms. The van der Waals surface area contributed by atoms with E-state index in [9.17, 15) is 0 Å². The fraction of sp³-hybridized carbons (Fsp3) is 0.500. The van der Waals surface area contributed by atoms with Crippen molar-refractivity contribution in [2.24, 2.45) is 0 Å². The van der Waals surface area contributed by atoms with Crippen molar-refractivity contribution in [3.05, 3.63) is 23.8 Å². The number of methoxy groups -OCH3 is 2. The van der Waals surface area contributed by atoms with E-state index in [-0.39, 0.29) is 6.61 Å². The Morgan fingerprint density at radius 3 is 2.60 bits per heavy atom. The molecule has 1 fully saturated rings. The number of pyridine rings is 1. The summed E-state index contributed by atoms with van der Waals surface area (Å²) in [7, 11) is 3.30. The van der Waals surface area contributed by atoms with Gasteiger partial charge in [-0.15, -0.1) is 0 Å². The maximum absolute atomic E-state index is 9.04. The molecule has 7 nitrogen and oxygen atoms in total. The topological polar surface area (TPSA) is 76.1 Å². The van der Waals surface area contributed by atoms with Gasteiger partial charge >= 0.3 is 0 Å². The summed E-state index contributed by atoms with van der Waals surface area (Å²) in [5.41, 5.74) is 1.85. The summed E-state index contributed by atoms with van der Waals surface area (Å²) in [4.78, 5) is 7.15. The summed E-state index contributed by atoms with van der Waals surface area (Å²) < 4.78 is 16.5. The minimum atomic E-state index is 0.102. The Morgan fingerprint density at radius 2 is 1.92 bits per heavy atom. The van der Waals surface area contributed by atoms with Gasteiger partial charge in [0.1, 0.15) is 22.8 Å². The zero-order valence-corrected chi connectivity index (χ0v) is 14.7. The smallest absolute Gasteiger partial charge is 0.145 e. The quantitative estimate of drug-likeness (QED) is 0.728. The molecule has 0 saturated carbocycles. The van der Waals surface area contributed by atoms with E-state index >= 15 is 0 Å². The average molecular weight is 347 g/mol. The Bertz CT molecular complexity index is 717. The molecular weight excluding hydrogens is 322 g/mol. The highest BCUT2D eigenvalue weighted by atomic mass is 16.5. The van der Waals surface area contributed by atoms with E-state index in [1.807, 2.05) is 12.1 Å². The third kappa shape index (κ3) is 3.78. The average Bonchev–Trinajstić information content (AvgIpc) is 2.67. The van der Waals surface area contributed by atoms with Gasteiger partial charge < -0.3 is 29.5 Å². The number of fused-ring (bicyclic) bond motifs is 1. The third-order valence-electron chi connectivity index (χ3n) is 4.32. The molecule has 1 saturated heterocycles. The first kappa shape index (κ1) is 17.7. The number of hydrogen-bond acceptors (Lipinski definition) is 7. The molecule has 1 aromatic carbocycles. The first-order valence-electron chi connectivity index (χ1n) is 8.47. The van der Waals surface area contributed by atoms with E-state index in [0.717, 1.165) is 46.9 Å². The maximum Gasteiger partial charge on any atom is 0.145 e. The number of nitrogens with zero attached hydrogens (tertiary/aromatic N) is 2. The van der Waals surface area contributed by atoms with Gasteiger partial charge in [0.25, 0.3) is 0 Å². The monoisotopic (exact) mass is 347 g/mol. The van der Waals surface area contributed by atoms with Crippen molar-refractivity contribution in [2.45, 2.75) is 6.54 Å². The molecule has 1 aromatic heterocycles. The normalized spacial score (nSPS) is 14.8. The number of aliphatic hydroxyl groups excluding tert-OH is 1. The lowest BCUT2D eigenvalue weighted by Gasteiger charge is -2.30. The fourth-order valence-electron chi connectivity index (χ4n) is 3.06. The van der Waals surface area contributed by atoms with Crippen LogP contribution in [0.25, 0.3) is 10.9 Å². The molecule has 136 valence electrons. The van der Waals surface area contributed by atoms with Gasteiger partial charge in [-0.1, -0.05) is 0 Å². The van der Waals surface area contributed by atoms with Crippen molar-refractivity contribution in [1.82, 2.24) is 10.3 Å². The molecule has 3 rings (SSSR count). The maximum atomic E-state index is 9.04. The second-order valence-corrected chi connectivity index (χ2v) is 5.84. The number of hydrogen-bond donors (Lipinski definition) is 2. The predicted molar refractivity (Wildman–Crippen MR) is 96.7 cm³/mol. The van der Waals surface area contributed by atoms with E-state index < -0.39 is 0 Å². The van der Waals surface area contributed by atoms with Gasteiger partial charge in [0.2, 0.25) is 0 Å². The lowest BCUT2D eigenvalue weighted by molar-refractivity contribution is 0.122. The van der Waals surface area contributed by atoms with Crippen molar-refractivity contribution >= 4 is 16.7 Å². The molecule has 1 aliphatic heterocycles. The summed E-state index contributed by atoms with van der Waals surface area (Å²) in [6.45, 7) is 4.25. The first-order valence-corrected chi connectivity index (χ1v) is 8.47. The SMILES string of the molecule is COc1ccc(OC)c2nc(N3CCOCC3)c(CNCCO)cc12. The van der Waals surface area contributed by atoms with Crippen LogP contribution >= 0.6 is 0 Å². The van der Waals surface area contributed by atoms with E-state index in [0.29, 0.717) is 26.3 Å². The van der Waals surface area contributed by atoms with E-state index in [4.69, 9.17) is 24.3 Å². The highest BCUT2D eigenvalue weighted by Crippen LogP contribution is 2.35. The second-order valence-electron chi connectivity index (χ2n) is 5.84. The Balaban J connectivity index is 2.10. The van der Waals surface area contributed by atoms with Gasteiger partial charge in [-0.05, 0) is 18.2 Å². The van der Waals surface area contributed by atoms with Gasteiger partial charge in [-0.3, -0.25) is 0 Å². The summed E-state index contributed by atoms with van der Waals surface area (Å²) in [6.07, 6.45) is 0. The molecule has 2 N–H and O–H groups in total. The lowest BCUT2D eigenvalue weighted by atomic mass is 10.1. The van der Waals surface area contributed by atoms with Gasteiger partial charge in [-0.2, -0.15) is 0 Å². The lowest BCUT2D eigenvalue weighted by Crippen LogP contribution is -2.37. The van der Waals surface area contributed by atoms with Gasteiger partial charge in [0.05, 0.1) is 34.0 Å². The summed E-state index contributed by atoms with van der Waals surface area (Å²) in [6, 6.07) is 5.86. The number of nitrogens with one attached hydrogen (secondary N) is 1. The Labute approximate surface area is 147 Å². The van der Waals surface area contributed by atoms with Crippen molar-refractivity contribution in [3.63, 3.8) is 0 Å². The number of aromatic nitrogens is 1. The van der Waals surface area contributed by atoms with E-state index in [2.05, 4.69) is 16.3 Å². The third-order valence-corrected chi connectivity index (χ3v) is 4.32. The number of aliphatic hydroxyl groups is 1. The molecule has 2 heterocycles. The number of benzene rings is 1. The van der Waals surface area contributed by atoms with Crippen LogP contribution in [0.15, 0.2) is 18.2 Å². The Morgan fingerprint density at radius 1 is 1.20 bits per heavy atom. The summed E-state index contributed by atoms with van der Waals surface area (Å²) >= 11 is 0. The van der Waals surface area contributed by atoms with Crippen LogP contribution in [-0.4, -0.2) is 63.8 Å². The molecule has 0 spiro atoms. The van der Waals surface area contributed by atoms with Crippen LogP contribution in [0, 0.1) is 0 Å². The van der Waals surface area contributed by atoms with E-state index in [1.54, 1.807) is 14.2 Å². The number of rotatable bonds is 7. The standard InChI is InChI=1S/C18H25N3O4/c1-23-15-3-4-16(24-2)17-14(15)11-13(12-19-5-8-22)18(20-17)21-6-9-25-10-7-21/h3-4,11,19,22H,5-10,12H2,1-2H3. The predicted octanol–water partition coefficient (Wildman–Crippen LogP) is 1.17. The highest BCUT2D eigenvalue weighted by molar-refractivity contribution is 5.92. The molecule has 7 heteroatoms. The summed E-state index contributed by atoms with van der Waals surface area (Å²) in [5.74, 6) is 2.41. The summed E-state index contributed by atoms with van der Waals surface area (Å²) in [5, 5.41) is 13.2. The van der Waals surface area contributed by atoms with Crippen LogP contribution in [-0.2, 0) is 11.3 Å². The number of morpholine rings is 1. The van der Waals surface area contributed by atoms with Gasteiger partial charge in [-0.25, -0.2) is 4.98 Å². The number of ether oxygens (including phenoxy) is 3. The van der Waals surface area contributed by atoms with Crippen LogP contribution < -0.4 is 19.7 Å². The van der Waals surface area contributed by atoms with Crippen LogP contribution in [0.2, 0.25) is 0 Å². The molecule has 0 aliphatic carbocycles. The second kappa shape index (κ2) is 8.33. The van der Waals surface area contributed by atoms with Gasteiger partial charge in [0, 0.05) is 37.1 Å². The van der Waals surface area contributed by atoms with Crippen molar-refractivity contribution < 1.29 is 19.3 Å². The Hall–Kier alpha value is -2.09.